The topological polar surface area (TPSA) is 63.2 Å². The fourth-order valence-electron chi connectivity index (χ4n) is 6.54. The summed E-state index contributed by atoms with van der Waals surface area (Å²) in [7, 11) is 0. The third-order valence-electron chi connectivity index (χ3n) is 9.07. The van der Waals surface area contributed by atoms with E-state index in [0.29, 0.717) is 22.8 Å². The Kier molecular flexibility index (Phi) is 6.25. The van der Waals surface area contributed by atoms with Crippen LogP contribution < -0.4 is 5.32 Å². The molecule has 2 saturated heterocycles. The monoisotopic (exact) mass is 479 g/mol. The van der Waals surface area contributed by atoms with Crippen LogP contribution in [-0.2, 0) is 4.74 Å². The van der Waals surface area contributed by atoms with Gasteiger partial charge in [-0.3, -0.25) is 4.98 Å². The number of nitrogens with one attached hydrogen (secondary N) is 1. The van der Waals surface area contributed by atoms with Crippen LogP contribution in [0.15, 0.2) is 24.5 Å². The zero-order valence-electron chi connectivity index (χ0n) is 20.9. The highest BCUT2D eigenvalue weighted by molar-refractivity contribution is 5.68. The number of pyridine rings is 1. The van der Waals surface area contributed by atoms with Gasteiger partial charge in [-0.25, -0.2) is 4.39 Å². The van der Waals surface area contributed by atoms with Crippen LogP contribution in [0.5, 0.6) is 0 Å². The summed E-state index contributed by atoms with van der Waals surface area (Å²) < 4.78 is 19.7. The Morgan fingerprint density at radius 1 is 1.06 bits per heavy atom. The quantitative estimate of drug-likeness (QED) is 0.597. The lowest BCUT2D eigenvalue weighted by Gasteiger charge is -2.45. The maximum Gasteiger partial charge on any atom is 0.149 e. The summed E-state index contributed by atoms with van der Waals surface area (Å²) in [5.74, 6) is 0.924. The molecule has 2 aliphatic heterocycles. The molecule has 7 heteroatoms. The first-order chi connectivity index (χ1) is 17.0. The third kappa shape index (κ3) is 5.21. The summed E-state index contributed by atoms with van der Waals surface area (Å²) in [5, 5.41) is 12.2. The molecule has 1 N–H and O–H groups in total. The summed E-state index contributed by atoms with van der Waals surface area (Å²) in [5.41, 5.74) is 3.61. The number of nitrogens with zero attached hydrogens (tertiary/aromatic N) is 4. The van der Waals surface area contributed by atoms with Crippen LogP contribution in [0, 0.1) is 16.6 Å². The number of piperidine rings is 1. The van der Waals surface area contributed by atoms with E-state index in [0.717, 1.165) is 61.5 Å². The maximum atomic E-state index is 14.0. The second-order valence-electron chi connectivity index (χ2n) is 12.0. The first-order valence-electron chi connectivity index (χ1n) is 13.5. The molecule has 4 aliphatic rings. The lowest BCUT2D eigenvalue weighted by atomic mass is 9.72. The van der Waals surface area contributed by atoms with Crippen molar-refractivity contribution in [2.45, 2.75) is 76.7 Å². The van der Waals surface area contributed by atoms with Gasteiger partial charge < -0.3 is 15.0 Å². The van der Waals surface area contributed by atoms with Gasteiger partial charge >= 0.3 is 0 Å². The van der Waals surface area contributed by atoms with Crippen molar-refractivity contribution in [3.8, 4) is 11.1 Å². The molecular formula is C28H38FN5O. The SMILES string of the molecule is CC1(CN2CCC3(CCOC3)CC2)CCC(Nc2cc(-c3cc(F)cnc3C3CC3)cnn2)CC1. The maximum absolute atomic E-state index is 14.0. The molecule has 1 spiro atoms. The van der Waals surface area contributed by atoms with E-state index in [2.05, 4.69) is 32.3 Å². The smallest absolute Gasteiger partial charge is 0.149 e. The normalized spacial score (nSPS) is 28.9. The van der Waals surface area contributed by atoms with Crippen LogP contribution in [0.3, 0.4) is 0 Å². The van der Waals surface area contributed by atoms with Gasteiger partial charge in [-0.15, -0.1) is 5.10 Å². The number of aromatic nitrogens is 3. The predicted octanol–water partition coefficient (Wildman–Crippen LogP) is 5.42. The highest BCUT2D eigenvalue weighted by Crippen LogP contribution is 2.44. The standard InChI is InChI=1S/C28H38FN5O/c1-27(18-34-11-8-28(9-12-34)10-13-35-19-28)6-4-23(5-7-27)32-25-14-21(16-31-33-25)24-15-22(29)17-30-26(24)20-2-3-20/h14-17,20,23H,2-13,18-19H2,1H3,(H,32,33). The number of hydrogen-bond donors (Lipinski definition) is 1. The zero-order valence-corrected chi connectivity index (χ0v) is 20.9. The number of likely N-dealkylation sites (tertiary alicyclic amines) is 1. The first kappa shape index (κ1) is 23.3. The van der Waals surface area contributed by atoms with E-state index in [-0.39, 0.29) is 5.82 Å². The molecule has 0 bridgehead atoms. The average molecular weight is 480 g/mol. The Balaban J connectivity index is 1.05. The van der Waals surface area contributed by atoms with Crippen LogP contribution in [0.25, 0.3) is 11.1 Å². The van der Waals surface area contributed by atoms with Gasteiger partial charge in [0.2, 0.25) is 0 Å². The molecule has 0 aromatic carbocycles. The van der Waals surface area contributed by atoms with E-state index in [1.54, 1.807) is 12.3 Å². The summed E-state index contributed by atoms with van der Waals surface area (Å²) in [6.45, 7) is 8.07. The van der Waals surface area contributed by atoms with Crippen LogP contribution in [0.1, 0.15) is 76.3 Å². The minimum atomic E-state index is -0.303. The molecule has 35 heavy (non-hydrogen) atoms. The van der Waals surface area contributed by atoms with Crippen molar-refractivity contribution >= 4 is 5.82 Å². The summed E-state index contributed by atoms with van der Waals surface area (Å²) >= 11 is 0. The van der Waals surface area contributed by atoms with Crippen molar-refractivity contribution in [1.29, 1.82) is 0 Å². The van der Waals surface area contributed by atoms with Crippen LogP contribution in [-0.4, -0.2) is 59.0 Å². The lowest BCUT2D eigenvalue weighted by Crippen LogP contribution is -2.46. The third-order valence-corrected chi connectivity index (χ3v) is 9.07. The van der Waals surface area contributed by atoms with E-state index < -0.39 is 0 Å². The van der Waals surface area contributed by atoms with Gasteiger partial charge in [-0.2, -0.15) is 5.10 Å². The molecule has 2 saturated carbocycles. The van der Waals surface area contributed by atoms with Crippen LogP contribution >= 0.6 is 0 Å². The Morgan fingerprint density at radius 2 is 1.86 bits per heavy atom. The van der Waals surface area contributed by atoms with E-state index >= 15 is 0 Å². The summed E-state index contributed by atoms with van der Waals surface area (Å²) in [6.07, 6.45) is 13.9. The largest absolute Gasteiger partial charge is 0.381 e. The van der Waals surface area contributed by atoms with Crippen molar-refractivity contribution in [3.05, 3.63) is 36.0 Å². The van der Waals surface area contributed by atoms with Crippen LogP contribution in [0.2, 0.25) is 0 Å². The minimum Gasteiger partial charge on any atom is -0.381 e. The number of halogens is 1. The molecule has 0 radical (unpaired) electrons. The van der Waals surface area contributed by atoms with Gasteiger partial charge in [0.25, 0.3) is 0 Å². The van der Waals surface area contributed by atoms with Gasteiger partial charge in [0.15, 0.2) is 0 Å². The Morgan fingerprint density at radius 3 is 2.57 bits per heavy atom. The highest BCUT2D eigenvalue weighted by atomic mass is 19.1. The van der Waals surface area contributed by atoms with E-state index in [1.807, 2.05) is 6.07 Å². The first-order valence-corrected chi connectivity index (χ1v) is 13.5. The summed E-state index contributed by atoms with van der Waals surface area (Å²) in [4.78, 5) is 7.10. The molecule has 0 amide bonds. The second kappa shape index (κ2) is 9.40. The molecule has 2 aromatic rings. The second-order valence-corrected chi connectivity index (χ2v) is 12.0. The number of hydrogen-bond acceptors (Lipinski definition) is 6. The minimum absolute atomic E-state index is 0.303. The molecule has 2 aliphatic carbocycles. The van der Waals surface area contributed by atoms with Gasteiger partial charge in [0.1, 0.15) is 11.6 Å². The molecule has 6 rings (SSSR count). The fourth-order valence-corrected chi connectivity index (χ4v) is 6.54. The van der Waals surface area contributed by atoms with Crippen molar-refractivity contribution in [2.24, 2.45) is 10.8 Å². The molecule has 0 atom stereocenters. The molecule has 188 valence electrons. The number of rotatable bonds is 6. The molecule has 0 unspecified atom stereocenters. The Labute approximate surface area is 208 Å². The average Bonchev–Trinajstić information content (AvgIpc) is 3.61. The van der Waals surface area contributed by atoms with Crippen molar-refractivity contribution in [2.75, 3.05) is 38.2 Å². The van der Waals surface area contributed by atoms with Crippen LogP contribution in [0.4, 0.5) is 10.2 Å². The van der Waals surface area contributed by atoms with E-state index in [9.17, 15) is 4.39 Å². The lowest BCUT2D eigenvalue weighted by molar-refractivity contribution is 0.0461. The van der Waals surface area contributed by atoms with E-state index in [4.69, 9.17) is 4.74 Å². The molecule has 4 fully saturated rings. The number of anilines is 1. The van der Waals surface area contributed by atoms with Gasteiger partial charge in [-0.05, 0) is 93.8 Å². The molecular weight excluding hydrogens is 441 g/mol. The van der Waals surface area contributed by atoms with E-state index in [1.165, 1.54) is 57.9 Å². The van der Waals surface area contributed by atoms with Crippen molar-refractivity contribution < 1.29 is 9.13 Å². The Hall–Kier alpha value is -2.12. The predicted molar refractivity (Wildman–Crippen MR) is 135 cm³/mol. The van der Waals surface area contributed by atoms with Gasteiger partial charge in [0.05, 0.1) is 24.7 Å². The Bertz CT molecular complexity index is 1030. The van der Waals surface area contributed by atoms with Gasteiger partial charge in [0, 0.05) is 36.2 Å². The zero-order chi connectivity index (χ0) is 23.9. The fraction of sp³-hybridized carbons (Fsp3) is 0.679. The van der Waals surface area contributed by atoms with Crippen molar-refractivity contribution in [1.82, 2.24) is 20.1 Å². The van der Waals surface area contributed by atoms with Crippen molar-refractivity contribution in [3.63, 3.8) is 0 Å². The highest BCUT2D eigenvalue weighted by Gasteiger charge is 2.40. The number of ether oxygens (including phenoxy) is 1. The molecule has 2 aromatic heterocycles. The molecule has 6 nitrogen and oxygen atoms in total. The molecule has 4 heterocycles. The summed E-state index contributed by atoms with van der Waals surface area (Å²) in [6, 6.07) is 4.01. The van der Waals surface area contributed by atoms with Gasteiger partial charge in [-0.1, -0.05) is 6.92 Å².